The molecule has 8 heteroatoms. The first kappa shape index (κ1) is 11.5. The van der Waals surface area contributed by atoms with Gasteiger partial charge in [0.15, 0.2) is 11.5 Å². The molecule has 0 aliphatic rings. The van der Waals surface area contributed by atoms with Crippen LogP contribution in [-0.2, 0) is 4.74 Å². The molecule has 0 aliphatic carbocycles. The van der Waals surface area contributed by atoms with E-state index >= 15 is 0 Å². The van der Waals surface area contributed by atoms with Gasteiger partial charge in [-0.25, -0.2) is 9.48 Å². The molecule has 0 unspecified atom stereocenters. The molecule has 0 aliphatic heterocycles. The van der Waals surface area contributed by atoms with Crippen LogP contribution in [0.5, 0.6) is 0 Å². The number of rotatable bonds is 2. The first-order chi connectivity index (χ1) is 8.67. The molecular formula is C10H8N6O2. The lowest BCUT2D eigenvalue weighted by molar-refractivity contribution is 0.0594. The number of nitrogens with zero attached hydrogens (tertiary/aromatic N) is 5. The Bertz CT molecular complexity index is 642. The molecule has 0 bridgehead atoms. The second kappa shape index (κ2) is 4.50. The van der Waals surface area contributed by atoms with Gasteiger partial charge >= 0.3 is 5.97 Å². The van der Waals surface area contributed by atoms with Crippen LogP contribution in [0.4, 0.5) is 5.69 Å². The van der Waals surface area contributed by atoms with E-state index in [1.807, 2.05) is 6.07 Å². The van der Waals surface area contributed by atoms with Crippen LogP contribution >= 0.6 is 0 Å². The molecule has 0 amide bonds. The van der Waals surface area contributed by atoms with Crippen molar-refractivity contribution >= 4 is 11.7 Å². The summed E-state index contributed by atoms with van der Waals surface area (Å²) in [6, 6.07) is 3.43. The number of hydrogen-bond acceptors (Lipinski definition) is 7. The van der Waals surface area contributed by atoms with Crippen molar-refractivity contribution in [3.63, 3.8) is 0 Å². The molecule has 0 aromatic carbocycles. The Labute approximate surface area is 102 Å². The molecule has 0 atom stereocenters. The van der Waals surface area contributed by atoms with E-state index in [9.17, 15) is 4.79 Å². The Morgan fingerprint density at radius 1 is 1.61 bits per heavy atom. The maximum Gasteiger partial charge on any atom is 0.360 e. The van der Waals surface area contributed by atoms with E-state index in [4.69, 9.17) is 11.0 Å². The number of esters is 1. The molecule has 2 aromatic rings. The summed E-state index contributed by atoms with van der Waals surface area (Å²) in [6.07, 6.45) is 2.76. The van der Waals surface area contributed by atoms with Crippen molar-refractivity contribution in [3.05, 3.63) is 29.7 Å². The van der Waals surface area contributed by atoms with Crippen molar-refractivity contribution in [1.29, 1.82) is 5.26 Å². The first-order valence-electron chi connectivity index (χ1n) is 4.83. The summed E-state index contributed by atoms with van der Waals surface area (Å²) in [4.78, 5) is 11.4. The standard InChI is InChI=1S/C10H8N6O2/c1-18-10(17)8-7(12)5-16(15-8)9-6(4-11)2-3-13-14-9/h2-3,5H,12H2,1H3. The highest BCUT2D eigenvalue weighted by Crippen LogP contribution is 2.15. The quantitative estimate of drug-likeness (QED) is 0.732. The number of carbonyl (C=O) groups excluding carboxylic acids is 1. The lowest BCUT2D eigenvalue weighted by Gasteiger charge is -1.99. The first-order valence-corrected chi connectivity index (χ1v) is 4.83. The lowest BCUT2D eigenvalue weighted by atomic mass is 10.3. The second-order valence-electron chi connectivity index (χ2n) is 3.25. The predicted octanol–water partition coefficient (Wildman–Crippen LogP) is -0.0972. The summed E-state index contributed by atoms with van der Waals surface area (Å²) in [5, 5.41) is 20.3. The zero-order valence-electron chi connectivity index (χ0n) is 9.36. The van der Waals surface area contributed by atoms with Crippen LogP contribution in [0.2, 0.25) is 0 Å². The minimum Gasteiger partial charge on any atom is -0.464 e. The van der Waals surface area contributed by atoms with Crippen LogP contribution in [0.3, 0.4) is 0 Å². The Morgan fingerprint density at radius 3 is 3.06 bits per heavy atom. The average Bonchev–Trinajstić information content (AvgIpc) is 2.79. The van der Waals surface area contributed by atoms with Crippen LogP contribution < -0.4 is 5.73 Å². The molecular weight excluding hydrogens is 236 g/mol. The Balaban J connectivity index is 2.53. The van der Waals surface area contributed by atoms with Crippen molar-refractivity contribution < 1.29 is 9.53 Å². The zero-order valence-corrected chi connectivity index (χ0v) is 9.36. The molecule has 8 nitrogen and oxygen atoms in total. The summed E-state index contributed by atoms with van der Waals surface area (Å²) in [5.74, 6) is -0.462. The number of anilines is 1. The molecule has 18 heavy (non-hydrogen) atoms. The van der Waals surface area contributed by atoms with Gasteiger partial charge in [-0.3, -0.25) is 0 Å². The van der Waals surface area contributed by atoms with Crippen molar-refractivity contribution in [3.8, 4) is 11.9 Å². The zero-order chi connectivity index (χ0) is 13.1. The molecule has 0 radical (unpaired) electrons. The van der Waals surface area contributed by atoms with Gasteiger partial charge in [-0.1, -0.05) is 0 Å². The van der Waals surface area contributed by atoms with E-state index in [1.165, 1.54) is 30.3 Å². The molecule has 0 saturated carbocycles. The average molecular weight is 244 g/mol. The van der Waals surface area contributed by atoms with E-state index in [0.29, 0.717) is 0 Å². The third-order valence-electron chi connectivity index (χ3n) is 2.16. The number of ether oxygens (including phenoxy) is 1. The number of hydrogen-bond donors (Lipinski definition) is 1. The van der Waals surface area contributed by atoms with E-state index in [2.05, 4.69) is 20.0 Å². The van der Waals surface area contributed by atoms with Crippen LogP contribution in [0, 0.1) is 11.3 Å². The summed E-state index contributed by atoms with van der Waals surface area (Å²) in [7, 11) is 1.23. The van der Waals surface area contributed by atoms with Gasteiger partial charge in [0.05, 0.1) is 25.2 Å². The third-order valence-corrected chi connectivity index (χ3v) is 2.16. The highest BCUT2D eigenvalue weighted by Gasteiger charge is 2.17. The van der Waals surface area contributed by atoms with Crippen molar-refractivity contribution in [1.82, 2.24) is 20.0 Å². The fourth-order valence-electron chi connectivity index (χ4n) is 1.33. The summed E-state index contributed by atoms with van der Waals surface area (Å²) in [6.45, 7) is 0. The van der Waals surface area contributed by atoms with Crippen LogP contribution in [0.25, 0.3) is 5.82 Å². The van der Waals surface area contributed by atoms with Gasteiger partial charge in [0.1, 0.15) is 11.6 Å². The monoisotopic (exact) mass is 244 g/mol. The minimum absolute atomic E-state index is 0.0351. The number of methoxy groups -OCH3 is 1. The lowest BCUT2D eigenvalue weighted by Crippen LogP contribution is -2.07. The van der Waals surface area contributed by atoms with Crippen molar-refractivity contribution in [2.45, 2.75) is 0 Å². The fourth-order valence-corrected chi connectivity index (χ4v) is 1.33. The molecule has 0 saturated heterocycles. The Morgan fingerprint density at radius 2 is 2.39 bits per heavy atom. The number of nitrogen functional groups attached to an aromatic ring is 1. The summed E-state index contributed by atoms with van der Waals surface area (Å²) in [5.41, 5.74) is 6.00. The highest BCUT2D eigenvalue weighted by atomic mass is 16.5. The molecule has 2 aromatic heterocycles. The number of aromatic nitrogens is 4. The number of carbonyl (C=O) groups is 1. The van der Waals surface area contributed by atoms with Gasteiger partial charge in [-0.2, -0.15) is 15.5 Å². The molecule has 2 N–H and O–H groups in total. The number of nitriles is 1. The van der Waals surface area contributed by atoms with Gasteiger partial charge in [0.2, 0.25) is 0 Å². The largest absolute Gasteiger partial charge is 0.464 e. The minimum atomic E-state index is -0.659. The Hall–Kier alpha value is -2.95. The fraction of sp³-hybridized carbons (Fsp3) is 0.100. The van der Waals surface area contributed by atoms with E-state index in [-0.39, 0.29) is 22.8 Å². The highest BCUT2D eigenvalue weighted by molar-refractivity contribution is 5.92. The van der Waals surface area contributed by atoms with Gasteiger partial charge in [-0.15, -0.1) is 5.10 Å². The van der Waals surface area contributed by atoms with Crippen LogP contribution in [0.15, 0.2) is 18.5 Å². The Kier molecular flexibility index (Phi) is 2.89. The van der Waals surface area contributed by atoms with Gasteiger partial charge in [0, 0.05) is 0 Å². The maximum absolute atomic E-state index is 11.4. The SMILES string of the molecule is COC(=O)c1nn(-c2nnccc2C#N)cc1N. The maximum atomic E-state index is 11.4. The normalized spacial score (nSPS) is 9.78. The van der Waals surface area contributed by atoms with E-state index in [0.717, 1.165) is 0 Å². The van der Waals surface area contributed by atoms with E-state index in [1.54, 1.807) is 0 Å². The molecule has 0 spiro atoms. The third kappa shape index (κ3) is 1.84. The van der Waals surface area contributed by atoms with E-state index < -0.39 is 5.97 Å². The van der Waals surface area contributed by atoms with Gasteiger partial charge < -0.3 is 10.5 Å². The predicted molar refractivity (Wildman–Crippen MR) is 59.6 cm³/mol. The number of nitrogens with two attached hydrogens (primary N) is 1. The van der Waals surface area contributed by atoms with Crippen LogP contribution in [-0.4, -0.2) is 33.1 Å². The molecule has 2 heterocycles. The second-order valence-corrected chi connectivity index (χ2v) is 3.25. The van der Waals surface area contributed by atoms with Gasteiger partial charge in [0.25, 0.3) is 0 Å². The summed E-state index contributed by atoms with van der Waals surface area (Å²) >= 11 is 0. The van der Waals surface area contributed by atoms with Crippen molar-refractivity contribution in [2.24, 2.45) is 0 Å². The summed E-state index contributed by atoms with van der Waals surface area (Å²) < 4.78 is 5.74. The van der Waals surface area contributed by atoms with Gasteiger partial charge in [-0.05, 0) is 6.07 Å². The van der Waals surface area contributed by atoms with Crippen molar-refractivity contribution in [2.75, 3.05) is 12.8 Å². The molecule has 2 rings (SSSR count). The topological polar surface area (TPSA) is 120 Å². The molecule has 0 fully saturated rings. The molecule has 90 valence electrons. The smallest absolute Gasteiger partial charge is 0.360 e. The van der Waals surface area contributed by atoms with Crippen LogP contribution in [0.1, 0.15) is 16.1 Å².